The van der Waals surface area contributed by atoms with Crippen molar-refractivity contribution in [3.05, 3.63) is 0 Å². The first-order valence-corrected chi connectivity index (χ1v) is 8.34. The van der Waals surface area contributed by atoms with Gasteiger partial charge in [-0.1, -0.05) is 13.8 Å². The molecular weight excluding hydrogens is 286 g/mol. The average Bonchev–Trinajstić information content (AvgIpc) is 2.33. The molecule has 0 aliphatic heterocycles. The van der Waals surface area contributed by atoms with Crippen molar-refractivity contribution in [3.8, 4) is 0 Å². The maximum atomic E-state index is 10.7. The zero-order valence-corrected chi connectivity index (χ0v) is 13.0. The third-order valence-electron chi connectivity index (χ3n) is 3.25. The Bertz CT molecular complexity index is 353. The van der Waals surface area contributed by atoms with Gasteiger partial charge in [-0.05, 0) is 18.8 Å². The Kier molecular flexibility index (Phi) is 8.80. The van der Waals surface area contributed by atoms with Crippen LogP contribution in [0.2, 0.25) is 0 Å². The second-order valence-electron chi connectivity index (χ2n) is 5.49. The highest BCUT2D eigenvalue weighted by Crippen LogP contribution is 2.24. The fourth-order valence-electron chi connectivity index (χ4n) is 2.41. The molecule has 0 aromatic rings. The topological polar surface area (TPSA) is 118 Å². The smallest absolute Gasteiger partial charge is 0.264 e. The summed E-state index contributed by atoms with van der Waals surface area (Å²) in [5, 5.41) is 28.4. The molecule has 0 spiro atoms. The number of hydrogen-bond acceptors (Lipinski definition) is 6. The van der Waals surface area contributed by atoms with E-state index in [2.05, 4.69) is 0 Å². The predicted octanol–water partition coefficient (Wildman–Crippen LogP) is -0.672. The van der Waals surface area contributed by atoms with Crippen LogP contribution in [0.15, 0.2) is 0 Å². The third kappa shape index (κ3) is 6.96. The monoisotopic (exact) mass is 313 g/mol. The van der Waals surface area contributed by atoms with Gasteiger partial charge in [-0.3, -0.25) is 9.45 Å². The molecule has 0 saturated carbocycles. The maximum Gasteiger partial charge on any atom is 0.264 e. The van der Waals surface area contributed by atoms with Crippen molar-refractivity contribution < 1.29 is 28.3 Å². The summed E-state index contributed by atoms with van der Waals surface area (Å²) in [6.07, 6.45) is 0.685. The zero-order valence-electron chi connectivity index (χ0n) is 12.2. The molecule has 0 rings (SSSR count). The normalized spacial score (nSPS) is 13.4. The van der Waals surface area contributed by atoms with E-state index in [0.717, 1.165) is 0 Å². The fourth-order valence-corrected chi connectivity index (χ4v) is 2.91. The average molecular weight is 313 g/mol. The van der Waals surface area contributed by atoms with Crippen LogP contribution in [0.4, 0.5) is 0 Å². The number of aliphatic hydroxyl groups excluding tert-OH is 3. The van der Waals surface area contributed by atoms with Crippen molar-refractivity contribution in [3.63, 3.8) is 0 Å². The number of nitrogens with zero attached hydrogens (tertiary/aromatic N) is 1. The van der Waals surface area contributed by atoms with E-state index in [1.54, 1.807) is 4.90 Å². The lowest BCUT2D eigenvalue weighted by atomic mass is 9.88. The molecule has 7 nitrogen and oxygen atoms in total. The summed E-state index contributed by atoms with van der Waals surface area (Å²) < 4.78 is 30.2. The quantitative estimate of drug-likeness (QED) is 0.373. The molecule has 4 N–H and O–H groups in total. The van der Waals surface area contributed by atoms with E-state index in [1.807, 2.05) is 13.8 Å². The highest BCUT2D eigenvalue weighted by Gasteiger charge is 2.36. The highest BCUT2D eigenvalue weighted by molar-refractivity contribution is 7.85. The largest absolute Gasteiger partial charge is 0.395 e. The summed E-state index contributed by atoms with van der Waals surface area (Å²) in [4.78, 5) is 1.69. The highest BCUT2D eigenvalue weighted by atomic mass is 32.2. The Hall–Kier alpha value is -0.250. The number of rotatable bonds is 11. The fraction of sp³-hybridized carbons (Fsp3) is 1.00. The van der Waals surface area contributed by atoms with Gasteiger partial charge in [0.2, 0.25) is 0 Å². The molecule has 0 aliphatic carbocycles. The molecule has 0 aromatic carbocycles. The van der Waals surface area contributed by atoms with Crippen molar-refractivity contribution in [1.29, 1.82) is 0 Å². The molecule has 0 aromatic heterocycles. The number of β-amino-alcohol motifs (C(OH)–C–C–N with tert-alkyl or cyclic N) is 1. The summed E-state index contributed by atoms with van der Waals surface area (Å²) in [5.41, 5.74) is -0.893. The molecule has 20 heavy (non-hydrogen) atoms. The van der Waals surface area contributed by atoms with Crippen LogP contribution in [-0.2, 0) is 10.1 Å². The number of aliphatic hydroxyl groups is 3. The SMILES string of the molecule is CC(C)CC(CO)(CO)N(CCO)CCCS(=O)(=O)O. The van der Waals surface area contributed by atoms with E-state index >= 15 is 0 Å². The Labute approximate surface area is 121 Å². The summed E-state index contributed by atoms with van der Waals surface area (Å²) in [7, 11) is -4.03. The minimum Gasteiger partial charge on any atom is -0.395 e. The van der Waals surface area contributed by atoms with Gasteiger partial charge in [-0.15, -0.1) is 0 Å². The molecule has 0 amide bonds. The molecule has 0 fully saturated rings. The molecular formula is C12H27NO6S. The summed E-state index contributed by atoms with van der Waals surface area (Å²) in [5.74, 6) is -0.166. The molecule has 8 heteroatoms. The van der Waals surface area contributed by atoms with Gasteiger partial charge in [0.15, 0.2) is 0 Å². The van der Waals surface area contributed by atoms with Crippen LogP contribution >= 0.6 is 0 Å². The van der Waals surface area contributed by atoms with Crippen LogP contribution in [0.5, 0.6) is 0 Å². The van der Waals surface area contributed by atoms with Gasteiger partial charge in [-0.2, -0.15) is 8.42 Å². The Morgan fingerprint density at radius 1 is 1.10 bits per heavy atom. The van der Waals surface area contributed by atoms with Gasteiger partial charge in [0.1, 0.15) is 0 Å². The van der Waals surface area contributed by atoms with Gasteiger partial charge in [0, 0.05) is 13.1 Å². The summed E-state index contributed by atoms with van der Waals surface area (Å²) in [6.45, 7) is 3.66. The van der Waals surface area contributed by atoms with Crippen LogP contribution in [0, 0.1) is 5.92 Å². The minimum absolute atomic E-state index is 0.161. The lowest BCUT2D eigenvalue weighted by molar-refractivity contribution is -0.0333. The number of hydrogen-bond donors (Lipinski definition) is 4. The predicted molar refractivity (Wildman–Crippen MR) is 76.0 cm³/mol. The van der Waals surface area contributed by atoms with Crippen LogP contribution in [-0.4, -0.2) is 77.4 Å². The van der Waals surface area contributed by atoms with E-state index in [9.17, 15) is 18.6 Å². The molecule has 122 valence electrons. The standard InChI is InChI=1S/C12H27NO6S/c1-11(2)8-12(9-15,10-16)13(5-6-14)4-3-7-20(17,18)19/h11,14-16H,3-10H2,1-2H3,(H,17,18,19). The Morgan fingerprint density at radius 3 is 2.00 bits per heavy atom. The summed E-state index contributed by atoms with van der Waals surface area (Å²) >= 11 is 0. The molecule has 0 heterocycles. The van der Waals surface area contributed by atoms with Crippen LogP contribution in [0.25, 0.3) is 0 Å². The van der Waals surface area contributed by atoms with Crippen molar-refractivity contribution in [2.45, 2.75) is 32.2 Å². The molecule has 0 atom stereocenters. The molecule has 0 radical (unpaired) electrons. The van der Waals surface area contributed by atoms with E-state index in [4.69, 9.17) is 9.66 Å². The van der Waals surface area contributed by atoms with Crippen molar-refractivity contribution in [2.24, 2.45) is 5.92 Å². The van der Waals surface area contributed by atoms with Gasteiger partial charge < -0.3 is 15.3 Å². The second-order valence-corrected chi connectivity index (χ2v) is 7.06. The van der Waals surface area contributed by atoms with Crippen molar-refractivity contribution >= 4 is 10.1 Å². The zero-order chi connectivity index (χ0) is 15.8. The Morgan fingerprint density at radius 2 is 1.65 bits per heavy atom. The molecule has 0 unspecified atom stereocenters. The van der Waals surface area contributed by atoms with Crippen LogP contribution in [0.3, 0.4) is 0 Å². The molecule has 0 saturated heterocycles. The van der Waals surface area contributed by atoms with Crippen molar-refractivity contribution in [1.82, 2.24) is 4.90 Å². The second kappa shape index (κ2) is 8.91. The van der Waals surface area contributed by atoms with Gasteiger partial charge in [-0.25, -0.2) is 0 Å². The lowest BCUT2D eigenvalue weighted by Gasteiger charge is -2.42. The minimum atomic E-state index is -4.03. The summed E-state index contributed by atoms with van der Waals surface area (Å²) in [6, 6.07) is 0. The van der Waals surface area contributed by atoms with Crippen LogP contribution in [0.1, 0.15) is 26.7 Å². The van der Waals surface area contributed by atoms with Gasteiger partial charge in [0.05, 0.1) is 31.1 Å². The van der Waals surface area contributed by atoms with E-state index in [-0.39, 0.29) is 51.0 Å². The first-order chi connectivity index (χ1) is 9.20. The van der Waals surface area contributed by atoms with Gasteiger partial charge in [0.25, 0.3) is 10.1 Å². The van der Waals surface area contributed by atoms with Crippen LogP contribution < -0.4 is 0 Å². The lowest BCUT2D eigenvalue weighted by Crippen LogP contribution is -2.56. The first-order valence-electron chi connectivity index (χ1n) is 6.73. The molecule has 0 bridgehead atoms. The van der Waals surface area contributed by atoms with E-state index < -0.39 is 15.7 Å². The molecule has 0 aliphatic rings. The maximum absolute atomic E-state index is 10.7. The Balaban J connectivity index is 4.88. The van der Waals surface area contributed by atoms with Crippen molar-refractivity contribution in [2.75, 3.05) is 38.7 Å². The van der Waals surface area contributed by atoms with E-state index in [0.29, 0.717) is 6.42 Å². The third-order valence-corrected chi connectivity index (χ3v) is 4.05. The first kappa shape index (κ1) is 19.8. The van der Waals surface area contributed by atoms with Gasteiger partial charge >= 0.3 is 0 Å². The van der Waals surface area contributed by atoms with E-state index in [1.165, 1.54) is 0 Å².